The molecule has 6 nitrogen and oxygen atoms in total. The van der Waals surface area contributed by atoms with Crippen molar-refractivity contribution in [3.63, 3.8) is 0 Å². The first-order chi connectivity index (χ1) is 12.3. The number of nitrogens with zero attached hydrogens (tertiary/aromatic N) is 2. The lowest BCUT2D eigenvalue weighted by Crippen LogP contribution is -2.33. The van der Waals surface area contributed by atoms with E-state index in [0.717, 1.165) is 16.8 Å². The molecule has 0 saturated heterocycles. The van der Waals surface area contributed by atoms with Gasteiger partial charge in [0.25, 0.3) is 5.91 Å². The summed E-state index contributed by atoms with van der Waals surface area (Å²) < 4.78 is 31.3. The van der Waals surface area contributed by atoms with Crippen LogP contribution in [0.25, 0.3) is 0 Å². The zero-order valence-corrected chi connectivity index (χ0v) is 15.9. The van der Waals surface area contributed by atoms with Crippen LogP contribution in [0, 0.1) is 6.92 Å². The molecular weight excluding hydrogens is 352 g/mol. The molecule has 138 valence electrons. The van der Waals surface area contributed by atoms with E-state index >= 15 is 0 Å². The van der Waals surface area contributed by atoms with Gasteiger partial charge in [0.05, 0.1) is 4.90 Å². The highest BCUT2D eigenvalue weighted by atomic mass is 32.2. The Morgan fingerprint density at radius 2 is 1.85 bits per heavy atom. The van der Waals surface area contributed by atoms with Gasteiger partial charge < -0.3 is 9.64 Å². The Kier molecular flexibility index (Phi) is 5.02. The Morgan fingerprint density at radius 1 is 1.15 bits per heavy atom. The van der Waals surface area contributed by atoms with Gasteiger partial charge in [-0.2, -0.15) is 0 Å². The van der Waals surface area contributed by atoms with Crippen molar-refractivity contribution >= 4 is 21.6 Å². The monoisotopic (exact) mass is 374 g/mol. The zero-order chi connectivity index (χ0) is 18.9. The largest absolute Gasteiger partial charge is 0.484 e. The van der Waals surface area contributed by atoms with Gasteiger partial charge in [0.15, 0.2) is 6.61 Å². The SMILES string of the molecule is Cc1ccc(OCC(=O)N2CCc3cc(S(=O)(=O)N(C)C)ccc32)cc1. The molecule has 0 radical (unpaired) electrons. The maximum absolute atomic E-state index is 12.5. The Bertz CT molecular complexity index is 921. The molecule has 0 aromatic heterocycles. The molecule has 0 fully saturated rings. The maximum Gasteiger partial charge on any atom is 0.264 e. The highest BCUT2D eigenvalue weighted by Gasteiger charge is 2.27. The summed E-state index contributed by atoms with van der Waals surface area (Å²) in [6, 6.07) is 12.4. The lowest BCUT2D eigenvalue weighted by molar-refractivity contribution is -0.120. The standard InChI is InChI=1S/C19H22N2O4S/c1-14-4-6-16(7-5-14)25-13-19(22)21-11-10-15-12-17(8-9-18(15)21)26(23,24)20(2)3/h4-9,12H,10-11,13H2,1-3H3. The fourth-order valence-electron chi connectivity index (χ4n) is 2.87. The van der Waals surface area contributed by atoms with Crippen LogP contribution in [0.1, 0.15) is 11.1 Å². The number of anilines is 1. The third kappa shape index (κ3) is 3.59. The number of fused-ring (bicyclic) bond motifs is 1. The van der Waals surface area contributed by atoms with Crippen molar-refractivity contribution in [1.29, 1.82) is 0 Å². The van der Waals surface area contributed by atoms with Crippen LogP contribution in [0.4, 0.5) is 5.69 Å². The van der Waals surface area contributed by atoms with E-state index in [0.29, 0.717) is 18.7 Å². The van der Waals surface area contributed by atoms with Gasteiger partial charge in [0.2, 0.25) is 10.0 Å². The predicted molar refractivity (Wildman–Crippen MR) is 100 cm³/mol. The number of aryl methyl sites for hydroxylation is 1. The van der Waals surface area contributed by atoms with Gasteiger partial charge in [0.1, 0.15) is 5.75 Å². The highest BCUT2D eigenvalue weighted by molar-refractivity contribution is 7.89. The second-order valence-electron chi connectivity index (χ2n) is 6.48. The Morgan fingerprint density at radius 3 is 2.50 bits per heavy atom. The lowest BCUT2D eigenvalue weighted by atomic mass is 10.2. The Labute approximate surface area is 154 Å². The van der Waals surface area contributed by atoms with Crippen LogP contribution in [0.2, 0.25) is 0 Å². The Hall–Kier alpha value is -2.38. The molecule has 0 spiro atoms. The molecule has 2 aromatic rings. The molecule has 0 unspecified atom stereocenters. The fourth-order valence-corrected chi connectivity index (χ4v) is 3.82. The first-order valence-corrected chi connectivity index (χ1v) is 9.78. The number of carbonyl (C=O) groups excluding carboxylic acids is 1. The van der Waals surface area contributed by atoms with Crippen molar-refractivity contribution < 1.29 is 17.9 Å². The molecule has 1 aliphatic rings. The molecule has 0 atom stereocenters. The maximum atomic E-state index is 12.5. The van der Waals surface area contributed by atoms with Crippen LogP contribution in [-0.4, -0.2) is 45.9 Å². The normalized spacial score (nSPS) is 13.8. The van der Waals surface area contributed by atoms with Gasteiger partial charge in [-0.15, -0.1) is 0 Å². The molecule has 0 aliphatic carbocycles. The van der Waals surface area contributed by atoms with Gasteiger partial charge in [-0.05, 0) is 49.2 Å². The number of hydrogen-bond acceptors (Lipinski definition) is 4. The van der Waals surface area contributed by atoms with Gasteiger partial charge in [0, 0.05) is 26.3 Å². The molecule has 0 bridgehead atoms. The third-order valence-corrected chi connectivity index (χ3v) is 6.22. The molecule has 1 amide bonds. The first-order valence-electron chi connectivity index (χ1n) is 8.34. The van der Waals surface area contributed by atoms with Gasteiger partial charge in [-0.1, -0.05) is 17.7 Å². The number of hydrogen-bond donors (Lipinski definition) is 0. The van der Waals surface area contributed by atoms with E-state index < -0.39 is 10.0 Å². The first kappa shape index (κ1) is 18.4. The summed E-state index contributed by atoms with van der Waals surface area (Å²) >= 11 is 0. The molecule has 0 N–H and O–H groups in total. The molecule has 3 rings (SSSR count). The number of carbonyl (C=O) groups is 1. The number of ether oxygens (including phenoxy) is 1. The molecule has 7 heteroatoms. The van der Waals surface area contributed by atoms with Crippen LogP contribution < -0.4 is 9.64 Å². The van der Waals surface area contributed by atoms with E-state index in [1.165, 1.54) is 18.4 Å². The van der Waals surface area contributed by atoms with E-state index in [-0.39, 0.29) is 17.4 Å². The molecule has 26 heavy (non-hydrogen) atoms. The summed E-state index contributed by atoms with van der Waals surface area (Å²) in [6.45, 7) is 2.46. The predicted octanol–water partition coefficient (Wildman–Crippen LogP) is 2.21. The fraction of sp³-hybridized carbons (Fsp3) is 0.316. The molecule has 1 heterocycles. The second kappa shape index (κ2) is 7.09. The summed E-state index contributed by atoms with van der Waals surface area (Å²) in [5, 5.41) is 0. The van der Waals surface area contributed by atoms with Crippen molar-refractivity contribution in [1.82, 2.24) is 4.31 Å². The van der Waals surface area contributed by atoms with E-state index in [2.05, 4.69) is 0 Å². The molecular formula is C19H22N2O4S. The lowest BCUT2D eigenvalue weighted by Gasteiger charge is -2.18. The van der Waals surface area contributed by atoms with Gasteiger partial charge >= 0.3 is 0 Å². The summed E-state index contributed by atoms with van der Waals surface area (Å²) in [6.07, 6.45) is 0.627. The van der Waals surface area contributed by atoms with Crippen molar-refractivity contribution in [3.05, 3.63) is 53.6 Å². The van der Waals surface area contributed by atoms with E-state index in [9.17, 15) is 13.2 Å². The minimum absolute atomic E-state index is 0.0553. The van der Waals surface area contributed by atoms with Crippen LogP contribution >= 0.6 is 0 Å². The molecule has 2 aromatic carbocycles. The van der Waals surface area contributed by atoms with Crippen LogP contribution in [0.3, 0.4) is 0 Å². The molecule has 1 aliphatic heterocycles. The summed E-state index contributed by atoms with van der Waals surface area (Å²) in [7, 11) is -0.479. The van der Waals surface area contributed by atoms with Crippen molar-refractivity contribution in [2.75, 3.05) is 32.1 Å². The Balaban J connectivity index is 1.73. The number of benzene rings is 2. The smallest absolute Gasteiger partial charge is 0.264 e. The van der Waals surface area contributed by atoms with Gasteiger partial charge in [-0.3, -0.25) is 4.79 Å². The second-order valence-corrected chi connectivity index (χ2v) is 8.63. The quantitative estimate of drug-likeness (QED) is 0.805. The summed E-state index contributed by atoms with van der Waals surface area (Å²) in [5.74, 6) is 0.503. The summed E-state index contributed by atoms with van der Waals surface area (Å²) in [5.41, 5.74) is 2.73. The molecule has 0 saturated carbocycles. The van der Waals surface area contributed by atoms with Crippen LogP contribution in [0.15, 0.2) is 47.4 Å². The topological polar surface area (TPSA) is 66.9 Å². The van der Waals surface area contributed by atoms with E-state index in [1.807, 2.05) is 31.2 Å². The van der Waals surface area contributed by atoms with Crippen molar-refractivity contribution in [2.45, 2.75) is 18.2 Å². The van der Waals surface area contributed by atoms with Gasteiger partial charge in [-0.25, -0.2) is 12.7 Å². The van der Waals surface area contributed by atoms with Crippen molar-refractivity contribution in [3.8, 4) is 5.75 Å². The number of amides is 1. The minimum atomic E-state index is -3.48. The third-order valence-electron chi connectivity index (χ3n) is 4.41. The number of sulfonamides is 1. The summed E-state index contributed by atoms with van der Waals surface area (Å²) in [4.78, 5) is 14.4. The zero-order valence-electron chi connectivity index (χ0n) is 15.1. The van der Waals surface area contributed by atoms with Crippen molar-refractivity contribution in [2.24, 2.45) is 0 Å². The van der Waals surface area contributed by atoms with Crippen LogP contribution in [0.5, 0.6) is 5.75 Å². The van der Waals surface area contributed by atoms with E-state index in [4.69, 9.17) is 4.74 Å². The minimum Gasteiger partial charge on any atom is -0.484 e. The highest BCUT2D eigenvalue weighted by Crippen LogP contribution is 2.31. The van der Waals surface area contributed by atoms with E-state index in [1.54, 1.807) is 23.1 Å². The average molecular weight is 374 g/mol. The van der Waals surface area contributed by atoms with Crippen LogP contribution in [-0.2, 0) is 21.2 Å². The number of rotatable bonds is 5. The average Bonchev–Trinajstić information content (AvgIpc) is 3.04.